The van der Waals surface area contributed by atoms with Gasteiger partial charge in [0, 0.05) is 13.6 Å². The van der Waals surface area contributed by atoms with E-state index in [-0.39, 0.29) is 0 Å². The summed E-state index contributed by atoms with van der Waals surface area (Å²) in [6.45, 7) is 2.08. The monoisotopic (exact) mass is 146 g/mol. The standard InChI is InChI=1S/C4H8N2.CH2O3/c1-6-3-2-5-4-6;2-1(3)4/h4H,2-3H2,1H3;(H2,2,3,4). The Morgan fingerprint density at radius 1 is 1.70 bits per heavy atom. The maximum absolute atomic E-state index is 8.56. The molecule has 0 aromatic rings. The van der Waals surface area contributed by atoms with Gasteiger partial charge >= 0.3 is 6.16 Å². The number of carboxylic acid groups (broad SMARTS) is 2. The van der Waals surface area contributed by atoms with Gasteiger partial charge in [-0.3, -0.25) is 4.99 Å². The van der Waals surface area contributed by atoms with Crippen molar-refractivity contribution in [3.05, 3.63) is 0 Å². The fraction of sp³-hybridized carbons (Fsp3) is 0.600. The Bertz CT molecular complexity index is 131. The second-order valence-electron chi connectivity index (χ2n) is 1.78. The average Bonchev–Trinajstić information content (AvgIpc) is 2.15. The number of likely N-dealkylation sites (N-methyl/N-ethyl adjacent to an activating group) is 1. The number of carbonyl (C=O) groups is 1. The number of aliphatic imine (C=N–C) groups is 1. The predicted molar refractivity (Wildman–Crippen MR) is 36.6 cm³/mol. The van der Waals surface area contributed by atoms with Crippen LogP contribution in [-0.4, -0.2) is 47.7 Å². The molecule has 0 fully saturated rings. The van der Waals surface area contributed by atoms with Crippen LogP contribution in [0.2, 0.25) is 0 Å². The van der Waals surface area contributed by atoms with Gasteiger partial charge in [-0.15, -0.1) is 0 Å². The van der Waals surface area contributed by atoms with Gasteiger partial charge in [-0.2, -0.15) is 0 Å². The minimum absolute atomic E-state index is 0.983. The third-order valence-corrected chi connectivity index (χ3v) is 0.861. The topological polar surface area (TPSA) is 73.1 Å². The van der Waals surface area contributed by atoms with Gasteiger partial charge in [0.1, 0.15) is 0 Å². The van der Waals surface area contributed by atoms with Crippen LogP contribution >= 0.6 is 0 Å². The molecule has 0 spiro atoms. The largest absolute Gasteiger partial charge is 0.503 e. The fourth-order valence-corrected chi connectivity index (χ4v) is 0.470. The Labute approximate surface area is 58.6 Å². The van der Waals surface area contributed by atoms with E-state index in [0.717, 1.165) is 13.1 Å². The molecule has 0 aromatic heterocycles. The first-order valence-electron chi connectivity index (χ1n) is 2.75. The van der Waals surface area contributed by atoms with Crippen molar-refractivity contribution >= 4 is 12.5 Å². The van der Waals surface area contributed by atoms with Crippen LogP contribution in [-0.2, 0) is 0 Å². The summed E-state index contributed by atoms with van der Waals surface area (Å²) in [5.41, 5.74) is 0. The molecule has 0 atom stereocenters. The van der Waals surface area contributed by atoms with E-state index in [0.29, 0.717) is 0 Å². The van der Waals surface area contributed by atoms with E-state index >= 15 is 0 Å². The molecule has 1 rings (SSSR count). The van der Waals surface area contributed by atoms with Crippen molar-refractivity contribution in [1.29, 1.82) is 0 Å². The fourth-order valence-electron chi connectivity index (χ4n) is 0.470. The van der Waals surface area contributed by atoms with E-state index in [1.807, 2.05) is 13.4 Å². The van der Waals surface area contributed by atoms with Crippen molar-refractivity contribution in [2.75, 3.05) is 20.1 Å². The van der Waals surface area contributed by atoms with E-state index in [2.05, 4.69) is 9.89 Å². The molecule has 10 heavy (non-hydrogen) atoms. The molecule has 58 valence electrons. The Morgan fingerprint density at radius 2 is 2.20 bits per heavy atom. The highest BCUT2D eigenvalue weighted by Crippen LogP contribution is 1.84. The Hall–Kier alpha value is -1.26. The number of rotatable bonds is 0. The summed E-state index contributed by atoms with van der Waals surface area (Å²) in [4.78, 5) is 14.6. The van der Waals surface area contributed by atoms with Gasteiger partial charge in [-0.1, -0.05) is 0 Å². The molecule has 0 unspecified atom stereocenters. The lowest BCUT2D eigenvalue weighted by Gasteiger charge is -1.99. The first-order valence-corrected chi connectivity index (χ1v) is 2.75. The van der Waals surface area contributed by atoms with Crippen molar-refractivity contribution in [3.63, 3.8) is 0 Å². The van der Waals surface area contributed by atoms with Gasteiger partial charge in [-0.25, -0.2) is 4.79 Å². The van der Waals surface area contributed by atoms with E-state index in [9.17, 15) is 0 Å². The quantitative estimate of drug-likeness (QED) is 0.511. The summed E-state index contributed by atoms with van der Waals surface area (Å²) >= 11 is 0. The lowest BCUT2D eigenvalue weighted by Crippen LogP contribution is -2.11. The van der Waals surface area contributed by atoms with Crippen LogP contribution in [0.5, 0.6) is 0 Å². The molecular formula is C5H10N2O3. The highest BCUT2D eigenvalue weighted by molar-refractivity contribution is 5.56. The molecule has 5 heteroatoms. The summed E-state index contributed by atoms with van der Waals surface area (Å²) in [5.74, 6) is 0. The zero-order valence-electron chi connectivity index (χ0n) is 5.69. The summed E-state index contributed by atoms with van der Waals surface area (Å²) < 4.78 is 0. The Morgan fingerprint density at radius 3 is 2.30 bits per heavy atom. The lowest BCUT2D eigenvalue weighted by atomic mass is 10.6. The first kappa shape index (κ1) is 8.74. The van der Waals surface area contributed by atoms with Crippen LogP contribution in [0.4, 0.5) is 4.79 Å². The zero-order valence-corrected chi connectivity index (χ0v) is 5.69. The number of hydrogen-bond acceptors (Lipinski definition) is 3. The molecule has 0 radical (unpaired) electrons. The lowest BCUT2D eigenvalue weighted by molar-refractivity contribution is 0.137. The highest BCUT2D eigenvalue weighted by atomic mass is 16.6. The van der Waals surface area contributed by atoms with E-state index in [4.69, 9.17) is 15.0 Å². The van der Waals surface area contributed by atoms with Crippen LogP contribution in [0, 0.1) is 0 Å². The molecule has 1 aliphatic heterocycles. The Kier molecular flexibility index (Phi) is 4.02. The van der Waals surface area contributed by atoms with E-state index in [1.165, 1.54) is 0 Å². The van der Waals surface area contributed by atoms with Crippen LogP contribution < -0.4 is 0 Å². The molecule has 0 aromatic carbocycles. The third-order valence-electron chi connectivity index (χ3n) is 0.861. The SMILES string of the molecule is CN1C=NCC1.O=C(O)O. The molecule has 0 saturated heterocycles. The van der Waals surface area contributed by atoms with E-state index < -0.39 is 6.16 Å². The smallest absolute Gasteiger partial charge is 0.450 e. The molecule has 5 nitrogen and oxygen atoms in total. The van der Waals surface area contributed by atoms with Crippen LogP contribution in [0.3, 0.4) is 0 Å². The highest BCUT2D eigenvalue weighted by Gasteiger charge is 1.94. The molecule has 2 N–H and O–H groups in total. The predicted octanol–water partition coefficient (Wildman–Crippen LogP) is 0.182. The number of hydrogen-bond donors (Lipinski definition) is 2. The average molecular weight is 146 g/mol. The molecule has 0 amide bonds. The summed E-state index contributed by atoms with van der Waals surface area (Å²) in [5, 5.41) is 13.9. The molecule has 0 bridgehead atoms. The van der Waals surface area contributed by atoms with Crippen LogP contribution in [0.25, 0.3) is 0 Å². The number of nitrogens with zero attached hydrogens (tertiary/aromatic N) is 2. The normalized spacial score (nSPS) is 14.3. The summed E-state index contributed by atoms with van der Waals surface area (Å²) in [6, 6.07) is 0. The molecule has 1 heterocycles. The van der Waals surface area contributed by atoms with Crippen molar-refractivity contribution in [1.82, 2.24) is 4.90 Å². The second kappa shape index (κ2) is 4.60. The van der Waals surface area contributed by atoms with Crippen molar-refractivity contribution in [2.45, 2.75) is 0 Å². The van der Waals surface area contributed by atoms with Crippen molar-refractivity contribution < 1.29 is 15.0 Å². The summed E-state index contributed by atoms with van der Waals surface area (Å²) in [6.07, 6.45) is 0.0278. The zero-order chi connectivity index (χ0) is 7.98. The molecular weight excluding hydrogens is 136 g/mol. The maximum Gasteiger partial charge on any atom is 0.503 e. The molecule has 0 saturated carbocycles. The second-order valence-corrected chi connectivity index (χ2v) is 1.78. The van der Waals surface area contributed by atoms with Gasteiger partial charge in [0.2, 0.25) is 0 Å². The maximum atomic E-state index is 8.56. The summed E-state index contributed by atoms with van der Waals surface area (Å²) in [7, 11) is 2.02. The van der Waals surface area contributed by atoms with Crippen LogP contribution in [0.15, 0.2) is 4.99 Å². The third kappa shape index (κ3) is 6.74. The van der Waals surface area contributed by atoms with Crippen molar-refractivity contribution in [3.8, 4) is 0 Å². The minimum Gasteiger partial charge on any atom is -0.450 e. The molecule has 0 aliphatic carbocycles. The van der Waals surface area contributed by atoms with E-state index in [1.54, 1.807) is 0 Å². The van der Waals surface area contributed by atoms with Gasteiger partial charge in [0.25, 0.3) is 0 Å². The molecule has 1 aliphatic rings. The minimum atomic E-state index is -1.83. The van der Waals surface area contributed by atoms with Crippen LogP contribution in [0.1, 0.15) is 0 Å². The van der Waals surface area contributed by atoms with Gasteiger partial charge in [0.05, 0.1) is 12.9 Å². The van der Waals surface area contributed by atoms with Gasteiger partial charge in [0.15, 0.2) is 0 Å². The van der Waals surface area contributed by atoms with Gasteiger partial charge in [-0.05, 0) is 0 Å². The van der Waals surface area contributed by atoms with Crippen molar-refractivity contribution in [2.24, 2.45) is 4.99 Å². The van der Waals surface area contributed by atoms with Gasteiger partial charge < -0.3 is 15.1 Å². The first-order chi connectivity index (χ1) is 4.63. The Balaban J connectivity index is 0.000000180.